The Hall–Kier alpha value is -3.69. The number of phenols is 1. The van der Waals surface area contributed by atoms with E-state index in [4.69, 9.17) is 24.1 Å². The number of carbonyl (C=O) groups excluding carboxylic acids is 2. The summed E-state index contributed by atoms with van der Waals surface area (Å²) in [6.07, 6.45) is 12.7. The summed E-state index contributed by atoms with van der Waals surface area (Å²) < 4.78 is 25.0. The number of ether oxygens (including phenoxy) is 4. The molecule has 1 aromatic rings. The summed E-state index contributed by atoms with van der Waals surface area (Å²) in [5, 5.41) is 20.6. The van der Waals surface area contributed by atoms with Crippen LogP contribution in [0.5, 0.6) is 17.2 Å². The van der Waals surface area contributed by atoms with Gasteiger partial charge < -0.3 is 34.0 Å². The van der Waals surface area contributed by atoms with Crippen molar-refractivity contribution in [2.75, 3.05) is 6.61 Å². The fraction of sp³-hybridized carbons (Fsp3) is 0.564. The molecule has 2 N–H and O–H groups in total. The molecule has 9 heteroatoms. The maximum Gasteiger partial charge on any atom is 0.330 e. The molecular formula is C39H52O9. The first-order valence-corrected chi connectivity index (χ1v) is 16.9. The minimum Gasteiger partial charge on any atom is -0.506 e. The van der Waals surface area contributed by atoms with Gasteiger partial charge in [0.15, 0.2) is 5.78 Å². The highest BCUT2D eigenvalue weighted by Crippen LogP contribution is 2.53. The van der Waals surface area contributed by atoms with Gasteiger partial charge in [-0.25, -0.2) is 4.79 Å². The number of carboxylic acids is 1. The molecule has 3 unspecified atom stereocenters. The summed E-state index contributed by atoms with van der Waals surface area (Å²) in [6, 6.07) is 0. The highest BCUT2D eigenvalue weighted by atomic mass is 16.6. The first-order chi connectivity index (χ1) is 22.4. The van der Waals surface area contributed by atoms with E-state index in [1.807, 2.05) is 46.8 Å². The van der Waals surface area contributed by atoms with Gasteiger partial charge >= 0.3 is 5.97 Å². The molecule has 0 bridgehead atoms. The molecule has 1 fully saturated rings. The van der Waals surface area contributed by atoms with Crippen LogP contribution in [0.4, 0.5) is 0 Å². The Morgan fingerprint density at radius 3 is 2.42 bits per heavy atom. The van der Waals surface area contributed by atoms with Gasteiger partial charge in [0.2, 0.25) is 0 Å². The lowest BCUT2D eigenvalue weighted by molar-refractivity contribution is -0.132. The number of ketones is 1. The minimum absolute atomic E-state index is 0.0750. The Labute approximate surface area is 284 Å². The van der Waals surface area contributed by atoms with Crippen molar-refractivity contribution in [1.29, 1.82) is 0 Å². The van der Waals surface area contributed by atoms with E-state index in [1.165, 1.54) is 12.5 Å². The molecule has 3 heterocycles. The molecule has 0 amide bonds. The SMILES string of the molecule is CC(C)=CCC[C@]1(C)C=Cc2c(O)c3c(c(CC4OC4(C)C)c2O1)OC(C)/C(=C\C(C=O)CCC(C)(C)OCC/C=C(/C)C(=O)O)C3=O. The van der Waals surface area contributed by atoms with Gasteiger partial charge in [0.1, 0.15) is 40.8 Å². The van der Waals surface area contributed by atoms with Gasteiger partial charge in [-0.15, -0.1) is 0 Å². The molecule has 0 aromatic heterocycles. The van der Waals surface area contributed by atoms with Gasteiger partial charge in [-0.1, -0.05) is 23.8 Å². The molecule has 4 rings (SSSR count). The number of Topliss-reactive ketones (excluding diaryl/α,β-unsaturated/α-hetero) is 1. The lowest BCUT2D eigenvalue weighted by atomic mass is 9.84. The molecule has 48 heavy (non-hydrogen) atoms. The molecule has 0 spiro atoms. The third-order valence-corrected chi connectivity index (χ3v) is 9.47. The minimum atomic E-state index is -0.960. The number of aldehydes is 1. The van der Waals surface area contributed by atoms with Crippen molar-refractivity contribution in [3.63, 3.8) is 0 Å². The molecule has 1 saturated heterocycles. The third-order valence-electron chi connectivity index (χ3n) is 9.47. The number of phenolic OH excluding ortho intramolecular Hbond substituents is 1. The zero-order valence-corrected chi connectivity index (χ0v) is 29.9. The number of carboxylic acid groups (broad SMARTS) is 1. The molecule has 0 saturated carbocycles. The number of allylic oxidation sites excluding steroid dienone is 3. The van der Waals surface area contributed by atoms with Crippen LogP contribution < -0.4 is 9.47 Å². The van der Waals surface area contributed by atoms with Crippen molar-refractivity contribution in [2.24, 2.45) is 5.92 Å². The van der Waals surface area contributed by atoms with Crippen molar-refractivity contribution in [3.05, 3.63) is 57.7 Å². The van der Waals surface area contributed by atoms with Crippen molar-refractivity contribution >= 4 is 24.1 Å². The Morgan fingerprint density at radius 2 is 1.81 bits per heavy atom. The first-order valence-electron chi connectivity index (χ1n) is 16.9. The van der Waals surface area contributed by atoms with Gasteiger partial charge in [0.05, 0.1) is 29.5 Å². The molecule has 4 atom stereocenters. The monoisotopic (exact) mass is 664 g/mol. The van der Waals surface area contributed by atoms with E-state index in [9.17, 15) is 19.5 Å². The highest BCUT2D eigenvalue weighted by molar-refractivity contribution is 6.15. The number of fused-ring (bicyclic) bond motifs is 2. The van der Waals surface area contributed by atoms with Crippen LogP contribution in [-0.2, 0) is 25.5 Å². The summed E-state index contributed by atoms with van der Waals surface area (Å²) >= 11 is 0. The number of aliphatic carboxylic acids is 1. The number of rotatable bonds is 15. The van der Waals surface area contributed by atoms with E-state index in [1.54, 1.807) is 19.1 Å². The summed E-state index contributed by atoms with van der Waals surface area (Å²) in [5.41, 5.74) is 1.49. The topological polar surface area (TPSA) is 132 Å². The summed E-state index contributed by atoms with van der Waals surface area (Å²) in [5.74, 6) is -1.31. The van der Waals surface area contributed by atoms with Crippen LogP contribution in [0.15, 0.2) is 41.0 Å². The number of epoxide rings is 1. The molecule has 1 aromatic carbocycles. The molecule has 0 aliphatic carbocycles. The Balaban J connectivity index is 1.60. The highest BCUT2D eigenvalue weighted by Gasteiger charge is 2.50. The average molecular weight is 665 g/mol. The second kappa shape index (κ2) is 14.4. The number of hydrogen-bond donors (Lipinski definition) is 2. The van der Waals surface area contributed by atoms with Crippen molar-refractivity contribution in [3.8, 4) is 17.2 Å². The van der Waals surface area contributed by atoms with Crippen LogP contribution in [0.25, 0.3) is 6.08 Å². The largest absolute Gasteiger partial charge is 0.506 e. The molecule has 3 aliphatic rings. The van der Waals surface area contributed by atoms with E-state index in [2.05, 4.69) is 19.9 Å². The summed E-state index contributed by atoms with van der Waals surface area (Å²) in [4.78, 5) is 37.4. The zero-order valence-electron chi connectivity index (χ0n) is 29.9. The van der Waals surface area contributed by atoms with E-state index in [0.717, 1.165) is 19.1 Å². The quantitative estimate of drug-likeness (QED) is 0.0636. The predicted molar refractivity (Wildman–Crippen MR) is 185 cm³/mol. The zero-order chi connectivity index (χ0) is 35.6. The van der Waals surface area contributed by atoms with Gasteiger partial charge in [-0.3, -0.25) is 4.79 Å². The number of aromatic hydroxyl groups is 1. The van der Waals surface area contributed by atoms with E-state index >= 15 is 0 Å². The Morgan fingerprint density at radius 1 is 1.12 bits per heavy atom. The van der Waals surface area contributed by atoms with Crippen LogP contribution in [0.1, 0.15) is 116 Å². The maximum atomic E-state index is 14.2. The normalized spacial score (nSPS) is 24.2. The van der Waals surface area contributed by atoms with Crippen molar-refractivity contribution < 1.29 is 43.5 Å². The van der Waals surface area contributed by atoms with Crippen LogP contribution in [-0.4, -0.2) is 63.9 Å². The van der Waals surface area contributed by atoms with Gasteiger partial charge in [-0.05, 0) is 107 Å². The average Bonchev–Trinajstić information content (AvgIpc) is 3.61. The van der Waals surface area contributed by atoms with Crippen molar-refractivity contribution in [2.45, 2.75) is 130 Å². The third kappa shape index (κ3) is 8.66. The first kappa shape index (κ1) is 37.1. The Kier molecular flexibility index (Phi) is 11.2. The van der Waals surface area contributed by atoms with Crippen LogP contribution in [0.3, 0.4) is 0 Å². The van der Waals surface area contributed by atoms with E-state index < -0.39 is 29.2 Å². The van der Waals surface area contributed by atoms with Crippen LogP contribution >= 0.6 is 0 Å². The number of carbonyl (C=O) groups is 3. The standard InChI is InChI=1S/C39H52O9/c1-23(2)12-10-16-39(9)18-15-27-32(41)31-33(42)28(25(4)46-35(31)29(34(27)48-39)21-30-38(7,8)47-30)20-26(22-40)14-17-37(5,6)45-19-11-13-24(3)36(43)44/h12-13,15,18,20,22,25-26,30,41H,10-11,14,16-17,19,21H2,1-9H3,(H,43,44)/b24-13-,28-20+/t25?,26?,30?,39-/m1/s1. The number of hydrogen-bond acceptors (Lipinski definition) is 8. The van der Waals surface area contributed by atoms with Gasteiger partial charge in [0.25, 0.3) is 0 Å². The lowest BCUT2D eigenvalue weighted by Crippen LogP contribution is -2.34. The summed E-state index contributed by atoms with van der Waals surface area (Å²) in [6.45, 7) is 17.7. The van der Waals surface area contributed by atoms with Gasteiger partial charge in [0, 0.05) is 29.0 Å². The lowest BCUT2D eigenvalue weighted by Gasteiger charge is -2.36. The second-order valence-corrected chi connectivity index (χ2v) is 14.9. The summed E-state index contributed by atoms with van der Waals surface area (Å²) in [7, 11) is 0. The van der Waals surface area contributed by atoms with E-state index in [-0.39, 0.29) is 34.4 Å². The molecule has 0 radical (unpaired) electrons. The second-order valence-electron chi connectivity index (χ2n) is 14.9. The molecular weight excluding hydrogens is 612 g/mol. The van der Waals surface area contributed by atoms with Crippen LogP contribution in [0, 0.1) is 5.92 Å². The fourth-order valence-corrected chi connectivity index (χ4v) is 6.16. The molecule has 9 nitrogen and oxygen atoms in total. The van der Waals surface area contributed by atoms with Gasteiger partial charge in [-0.2, -0.15) is 0 Å². The predicted octanol–water partition coefficient (Wildman–Crippen LogP) is 7.72. The van der Waals surface area contributed by atoms with Crippen LogP contribution in [0.2, 0.25) is 0 Å². The smallest absolute Gasteiger partial charge is 0.330 e. The number of benzene rings is 1. The molecule has 262 valence electrons. The van der Waals surface area contributed by atoms with Crippen molar-refractivity contribution in [1.82, 2.24) is 0 Å². The maximum absolute atomic E-state index is 14.2. The Bertz CT molecular complexity index is 1550. The molecule has 3 aliphatic heterocycles. The fourth-order valence-electron chi connectivity index (χ4n) is 6.16. The van der Waals surface area contributed by atoms with E-state index in [0.29, 0.717) is 60.5 Å².